The molecule has 1 unspecified atom stereocenters. The van der Waals surface area contributed by atoms with E-state index in [2.05, 4.69) is 5.32 Å². The molecule has 0 bridgehead atoms. The lowest BCUT2D eigenvalue weighted by Crippen LogP contribution is -2.50. The number of ether oxygens (including phenoxy) is 2. The van der Waals surface area contributed by atoms with Crippen molar-refractivity contribution in [3.05, 3.63) is 35.9 Å². The summed E-state index contributed by atoms with van der Waals surface area (Å²) in [4.78, 5) is 37.1. The lowest BCUT2D eigenvalue weighted by Gasteiger charge is -2.40. The van der Waals surface area contributed by atoms with Gasteiger partial charge in [0.25, 0.3) is 0 Å². The summed E-state index contributed by atoms with van der Waals surface area (Å²) in [6.45, 7) is 10.7. The summed E-state index contributed by atoms with van der Waals surface area (Å²) in [5.74, 6) is -2.18. The Bertz CT molecular complexity index is 925. The molecule has 0 radical (unpaired) electrons. The van der Waals surface area contributed by atoms with E-state index < -0.39 is 48.5 Å². The number of carbonyl (C=O) groups is 3. The van der Waals surface area contributed by atoms with E-state index in [-0.39, 0.29) is 32.3 Å². The van der Waals surface area contributed by atoms with Crippen LogP contribution in [-0.2, 0) is 43.9 Å². The van der Waals surface area contributed by atoms with Gasteiger partial charge in [0.05, 0.1) is 31.7 Å². The van der Waals surface area contributed by atoms with Crippen molar-refractivity contribution in [3.63, 3.8) is 0 Å². The van der Waals surface area contributed by atoms with Gasteiger partial charge in [-0.25, -0.2) is 0 Å². The van der Waals surface area contributed by atoms with Gasteiger partial charge in [0.15, 0.2) is 6.10 Å². The maximum atomic E-state index is 13.3. The molecule has 35 heavy (non-hydrogen) atoms. The molecule has 0 saturated carbocycles. The minimum atomic E-state index is -3.74. The van der Waals surface area contributed by atoms with Crippen molar-refractivity contribution in [1.29, 1.82) is 0 Å². The van der Waals surface area contributed by atoms with Crippen LogP contribution >= 0.6 is 7.60 Å². The summed E-state index contributed by atoms with van der Waals surface area (Å²) in [5, 5.41) is 2.65. The van der Waals surface area contributed by atoms with Crippen LogP contribution in [0.2, 0.25) is 0 Å². The summed E-state index contributed by atoms with van der Waals surface area (Å²) in [6, 6.07) is 9.62. The SMILES string of the molecule is C[C@H](CP1(=O)OCC(C)(C)[C@H](C(=O)NCCC(=O)OC(C)(C)C)O1)C(=O)OCCc1ccccc1. The van der Waals surface area contributed by atoms with E-state index in [9.17, 15) is 18.9 Å². The second kappa shape index (κ2) is 12.2. The van der Waals surface area contributed by atoms with Gasteiger partial charge in [-0.3, -0.25) is 23.5 Å². The van der Waals surface area contributed by atoms with Crippen molar-refractivity contribution >= 4 is 25.4 Å². The number of nitrogens with one attached hydrogen (secondary N) is 1. The topological polar surface area (TPSA) is 117 Å². The molecule has 2 rings (SSSR count). The molecule has 0 aromatic heterocycles. The molecule has 10 heteroatoms. The van der Waals surface area contributed by atoms with Gasteiger partial charge in [-0.2, -0.15) is 0 Å². The van der Waals surface area contributed by atoms with E-state index in [0.29, 0.717) is 6.42 Å². The summed E-state index contributed by atoms with van der Waals surface area (Å²) in [5.41, 5.74) is -0.329. The fourth-order valence-electron chi connectivity index (χ4n) is 3.41. The quantitative estimate of drug-likeness (QED) is 0.371. The zero-order valence-electron chi connectivity index (χ0n) is 21.5. The Morgan fingerprint density at radius 3 is 2.49 bits per heavy atom. The molecule has 3 atom stereocenters. The molecule has 1 heterocycles. The predicted octanol–water partition coefficient (Wildman–Crippen LogP) is 3.89. The highest BCUT2D eigenvalue weighted by atomic mass is 31.2. The van der Waals surface area contributed by atoms with E-state index >= 15 is 0 Å². The van der Waals surface area contributed by atoms with Crippen molar-refractivity contribution in [3.8, 4) is 0 Å². The summed E-state index contributed by atoms with van der Waals surface area (Å²) >= 11 is 0. The normalized spacial score (nSPS) is 22.6. The van der Waals surface area contributed by atoms with E-state index in [4.69, 9.17) is 18.5 Å². The Labute approximate surface area is 207 Å². The fourth-order valence-corrected chi connectivity index (χ4v) is 5.72. The van der Waals surface area contributed by atoms with Crippen LogP contribution in [0.15, 0.2) is 30.3 Å². The largest absolute Gasteiger partial charge is 0.465 e. The minimum Gasteiger partial charge on any atom is -0.465 e. The number of hydrogen-bond donors (Lipinski definition) is 1. The number of benzene rings is 1. The van der Waals surface area contributed by atoms with Crippen molar-refractivity contribution in [2.45, 2.75) is 66.1 Å². The summed E-state index contributed by atoms with van der Waals surface area (Å²) in [7, 11) is -3.74. The van der Waals surface area contributed by atoms with E-state index in [0.717, 1.165) is 5.56 Å². The number of rotatable bonds is 10. The Morgan fingerprint density at radius 2 is 1.86 bits per heavy atom. The maximum absolute atomic E-state index is 13.3. The fraction of sp³-hybridized carbons (Fsp3) is 0.640. The van der Waals surface area contributed by atoms with Gasteiger partial charge < -0.3 is 19.3 Å². The van der Waals surface area contributed by atoms with Crippen molar-refractivity contribution in [2.75, 3.05) is 25.9 Å². The molecule has 0 spiro atoms. The van der Waals surface area contributed by atoms with Crippen molar-refractivity contribution in [1.82, 2.24) is 5.32 Å². The lowest BCUT2D eigenvalue weighted by atomic mass is 9.87. The third-order valence-corrected chi connectivity index (χ3v) is 7.32. The molecule has 1 fully saturated rings. The summed E-state index contributed by atoms with van der Waals surface area (Å²) < 4.78 is 35.0. The van der Waals surface area contributed by atoms with E-state index in [1.54, 1.807) is 41.5 Å². The van der Waals surface area contributed by atoms with Crippen LogP contribution in [0.4, 0.5) is 0 Å². The van der Waals surface area contributed by atoms with Gasteiger partial charge in [-0.1, -0.05) is 51.1 Å². The van der Waals surface area contributed by atoms with Gasteiger partial charge in [0, 0.05) is 18.4 Å². The van der Waals surface area contributed by atoms with Crippen LogP contribution in [0.25, 0.3) is 0 Å². The molecule has 1 aromatic carbocycles. The molecule has 9 nitrogen and oxygen atoms in total. The van der Waals surface area contributed by atoms with Crippen LogP contribution in [-0.4, -0.2) is 55.5 Å². The molecule has 1 saturated heterocycles. The van der Waals surface area contributed by atoms with E-state index in [1.165, 1.54) is 0 Å². The average molecular weight is 512 g/mol. The van der Waals surface area contributed by atoms with E-state index in [1.807, 2.05) is 30.3 Å². The molecule has 1 amide bonds. The molecule has 1 N–H and O–H groups in total. The molecule has 196 valence electrons. The summed E-state index contributed by atoms with van der Waals surface area (Å²) in [6.07, 6.45) is -0.698. The highest BCUT2D eigenvalue weighted by Crippen LogP contribution is 2.57. The predicted molar refractivity (Wildman–Crippen MR) is 131 cm³/mol. The number of amides is 1. The van der Waals surface area contributed by atoms with Crippen LogP contribution in [0.1, 0.15) is 53.5 Å². The molecular weight excluding hydrogens is 473 g/mol. The average Bonchev–Trinajstić information content (AvgIpc) is 2.75. The van der Waals surface area contributed by atoms with Crippen molar-refractivity contribution in [2.24, 2.45) is 11.3 Å². The smallest absolute Gasteiger partial charge is 0.332 e. The molecule has 1 aromatic rings. The molecular formula is C25H38NO8P. The monoisotopic (exact) mass is 511 g/mol. The van der Waals surface area contributed by atoms with Crippen LogP contribution in [0, 0.1) is 11.3 Å². The molecule has 1 aliphatic rings. The van der Waals surface area contributed by atoms with Gasteiger partial charge in [-0.05, 0) is 26.3 Å². The first-order valence-electron chi connectivity index (χ1n) is 11.8. The van der Waals surface area contributed by atoms with Crippen LogP contribution in [0.3, 0.4) is 0 Å². The number of hydrogen-bond acceptors (Lipinski definition) is 8. The van der Waals surface area contributed by atoms with Gasteiger partial charge in [-0.15, -0.1) is 0 Å². The zero-order valence-corrected chi connectivity index (χ0v) is 22.4. The standard InChI is InChI=1S/C25H38NO8P/c1-18(23(29)31-15-13-19-10-8-7-9-11-19)16-35(30)32-17-25(5,6)21(34-35)22(28)26-14-12-20(27)33-24(2,3)4/h7-11,18,21H,12-17H2,1-6H3,(H,26,28)/t18-,21+,35?/m1/s1. The number of esters is 2. The first-order chi connectivity index (χ1) is 16.2. The highest BCUT2D eigenvalue weighted by Gasteiger charge is 2.48. The Morgan fingerprint density at radius 1 is 1.20 bits per heavy atom. The third kappa shape index (κ3) is 9.74. The second-order valence-electron chi connectivity index (χ2n) is 10.5. The lowest BCUT2D eigenvalue weighted by molar-refractivity contribution is -0.154. The number of carbonyl (C=O) groups excluding carboxylic acids is 3. The first-order valence-corrected chi connectivity index (χ1v) is 13.6. The van der Waals surface area contributed by atoms with Crippen molar-refractivity contribution < 1.29 is 37.5 Å². The Kier molecular flexibility index (Phi) is 10.1. The zero-order chi connectivity index (χ0) is 26.3. The third-order valence-electron chi connectivity index (χ3n) is 5.27. The maximum Gasteiger partial charge on any atom is 0.332 e. The molecule has 1 aliphatic heterocycles. The van der Waals surface area contributed by atoms with Gasteiger partial charge in [0.1, 0.15) is 5.60 Å². The Hall–Kier alpha value is -2.22. The van der Waals surface area contributed by atoms with Gasteiger partial charge in [0.2, 0.25) is 5.91 Å². The second-order valence-corrected chi connectivity index (χ2v) is 12.5. The van der Waals surface area contributed by atoms with Crippen LogP contribution < -0.4 is 5.32 Å². The Balaban J connectivity index is 1.87. The minimum absolute atomic E-state index is 0.00379. The highest BCUT2D eigenvalue weighted by molar-refractivity contribution is 7.54. The first kappa shape index (κ1) is 29.0. The van der Waals surface area contributed by atoms with Crippen LogP contribution in [0.5, 0.6) is 0 Å². The van der Waals surface area contributed by atoms with Gasteiger partial charge >= 0.3 is 19.5 Å². The molecule has 0 aliphatic carbocycles.